The summed E-state index contributed by atoms with van der Waals surface area (Å²) in [5.74, 6) is 0. The Balaban J connectivity index is 1.89. The van der Waals surface area contributed by atoms with Crippen LogP contribution in [-0.4, -0.2) is 16.2 Å². The molecule has 0 aromatic carbocycles. The summed E-state index contributed by atoms with van der Waals surface area (Å²) in [5.41, 5.74) is 5.50. The van der Waals surface area contributed by atoms with E-state index in [4.69, 9.17) is 5.73 Å². The molecule has 0 spiro atoms. The largest absolute Gasteiger partial charge is 0.357 e. The first-order valence-corrected chi connectivity index (χ1v) is 6.49. The third-order valence-corrected chi connectivity index (χ3v) is 3.70. The Bertz CT molecular complexity index is 291. The van der Waals surface area contributed by atoms with Crippen molar-refractivity contribution >= 4 is 16.5 Å². The SMILES string of the molecule is NCc1nnc(NC2CCCCCC2)s1. The van der Waals surface area contributed by atoms with E-state index in [9.17, 15) is 0 Å². The molecule has 1 saturated carbocycles. The Kier molecular flexibility index (Phi) is 3.91. The van der Waals surface area contributed by atoms with Crippen molar-refractivity contribution in [3.05, 3.63) is 5.01 Å². The minimum atomic E-state index is 0.490. The molecule has 3 N–H and O–H groups in total. The first-order chi connectivity index (χ1) is 7.38. The molecule has 0 unspecified atom stereocenters. The van der Waals surface area contributed by atoms with Crippen LogP contribution >= 0.6 is 11.3 Å². The molecule has 0 saturated heterocycles. The molecule has 0 aliphatic heterocycles. The van der Waals surface area contributed by atoms with Crippen LogP contribution in [0.15, 0.2) is 0 Å². The van der Waals surface area contributed by atoms with Crippen LogP contribution < -0.4 is 11.1 Å². The zero-order valence-electron chi connectivity index (χ0n) is 8.91. The number of aromatic nitrogens is 2. The maximum Gasteiger partial charge on any atom is 0.205 e. The average molecular weight is 226 g/mol. The molecule has 1 aliphatic rings. The Labute approximate surface area is 94.3 Å². The van der Waals surface area contributed by atoms with Gasteiger partial charge >= 0.3 is 0 Å². The summed E-state index contributed by atoms with van der Waals surface area (Å²) >= 11 is 1.57. The molecule has 1 fully saturated rings. The smallest absolute Gasteiger partial charge is 0.205 e. The summed E-state index contributed by atoms with van der Waals surface area (Å²) in [6.45, 7) is 0.490. The number of rotatable bonds is 3. The van der Waals surface area contributed by atoms with Gasteiger partial charge in [-0.15, -0.1) is 10.2 Å². The normalized spacial score (nSPS) is 18.7. The highest BCUT2D eigenvalue weighted by Crippen LogP contribution is 2.22. The number of nitrogens with one attached hydrogen (secondary N) is 1. The zero-order valence-corrected chi connectivity index (χ0v) is 9.72. The van der Waals surface area contributed by atoms with Crippen LogP contribution in [0.25, 0.3) is 0 Å². The maximum absolute atomic E-state index is 5.50. The van der Waals surface area contributed by atoms with Crippen molar-refractivity contribution in [2.24, 2.45) is 5.73 Å². The molecule has 1 aromatic heterocycles. The minimum absolute atomic E-state index is 0.490. The first-order valence-electron chi connectivity index (χ1n) is 5.67. The highest BCUT2D eigenvalue weighted by atomic mass is 32.1. The van der Waals surface area contributed by atoms with Crippen LogP contribution in [-0.2, 0) is 6.54 Å². The Hall–Kier alpha value is -0.680. The van der Waals surface area contributed by atoms with Gasteiger partial charge in [0.25, 0.3) is 0 Å². The monoisotopic (exact) mass is 226 g/mol. The summed E-state index contributed by atoms with van der Waals surface area (Å²) in [4.78, 5) is 0. The second-order valence-corrected chi connectivity index (χ2v) is 5.10. The van der Waals surface area contributed by atoms with Crippen LogP contribution in [0.1, 0.15) is 43.5 Å². The topological polar surface area (TPSA) is 63.8 Å². The quantitative estimate of drug-likeness (QED) is 0.775. The van der Waals surface area contributed by atoms with Crippen LogP contribution in [0.2, 0.25) is 0 Å². The van der Waals surface area contributed by atoms with Gasteiger partial charge in [-0.05, 0) is 12.8 Å². The predicted octanol–water partition coefficient (Wildman–Crippen LogP) is 2.13. The number of nitrogens with zero attached hydrogens (tertiary/aromatic N) is 2. The molecule has 2 rings (SSSR count). The number of hydrogen-bond donors (Lipinski definition) is 2. The minimum Gasteiger partial charge on any atom is -0.357 e. The Morgan fingerprint density at radius 1 is 1.20 bits per heavy atom. The molecule has 15 heavy (non-hydrogen) atoms. The molecule has 1 heterocycles. The molecule has 1 aliphatic carbocycles. The average Bonchev–Trinajstić information content (AvgIpc) is 2.54. The predicted molar refractivity (Wildman–Crippen MR) is 62.9 cm³/mol. The van der Waals surface area contributed by atoms with E-state index < -0.39 is 0 Å². The molecule has 0 amide bonds. The molecule has 4 nitrogen and oxygen atoms in total. The zero-order chi connectivity index (χ0) is 10.5. The molecule has 84 valence electrons. The van der Waals surface area contributed by atoms with Crippen molar-refractivity contribution in [2.45, 2.75) is 51.1 Å². The van der Waals surface area contributed by atoms with E-state index >= 15 is 0 Å². The Morgan fingerprint density at radius 3 is 2.53 bits per heavy atom. The van der Waals surface area contributed by atoms with Gasteiger partial charge in [0.1, 0.15) is 5.01 Å². The van der Waals surface area contributed by atoms with E-state index in [0.29, 0.717) is 12.6 Å². The summed E-state index contributed by atoms with van der Waals surface area (Å²) in [7, 11) is 0. The van der Waals surface area contributed by atoms with Crippen LogP contribution in [0.4, 0.5) is 5.13 Å². The van der Waals surface area contributed by atoms with Crippen molar-refractivity contribution in [1.29, 1.82) is 0 Å². The molecule has 5 heteroatoms. The second-order valence-electron chi connectivity index (χ2n) is 4.04. The van der Waals surface area contributed by atoms with E-state index in [1.165, 1.54) is 38.5 Å². The maximum atomic E-state index is 5.50. The lowest BCUT2D eigenvalue weighted by Gasteiger charge is -2.14. The van der Waals surface area contributed by atoms with Gasteiger partial charge in [0.2, 0.25) is 5.13 Å². The van der Waals surface area contributed by atoms with E-state index in [-0.39, 0.29) is 0 Å². The van der Waals surface area contributed by atoms with Crippen LogP contribution in [0.5, 0.6) is 0 Å². The van der Waals surface area contributed by atoms with Crippen molar-refractivity contribution in [1.82, 2.24) is 10.2 Å². The summed E-state index contributed by atoms with van der Waals surface area (Å²) in [5, 5.41) is 13.4. The van der Waals surface area contributed by atoms with E-state index in [1.807, 2.05) is 0 Å². The highest BCUT2D eigenvalue weighted by molar-refractivity contribution is 7.15. The van der Waals surface area contributed by atoms with Crippen molar-refractivity contribution < 1.29 is 0 Å². The lowest BCUT2D eigenvalue weighted by atomic mass is 10.1. The number of nitrogens with two attached hydrogens (primary N) is 1. The molecule has 0 radical (unpaired) electrons. The van der Waals surface area contributed by atoms with Gasteiger partial charge in [-0.1, -0.05) is 37.0 Å². The first kappa shape index (κ1) is 10.8. The lowest BCUT2D eigenvalue weighted by molar-refractivity contribution is 0.618. The standard InChI is InChI=1S/C10H18N4S/c11-7-9-13-14-10(15-9)12-8-5-3-1-2-4-6-8/h8H,1-7,11H2,(H,12,14). The lowest BCUT2D eigenvalue weighted by Crippen LogP contribution is -2.17. The van der Waals surface area contributed by atoms with Crippen molar-refractivity contribution in [3.8, 4) is 0 Å². The van der Waals surface area contributed by atoms with Crippen molar-refractivity contribution in [3.63, 3.8) is 0 Å². The fraction of sp³-hybridized carbons (Fsp3) is 0.800. The van der Waals surface area contributed by atoms with E-state index in [0.717, 1.165) is 10.1 Å². The molecular weight excluding hydrogens is 208 g/mol. The third-order valence-electron chi connectivity index (χ3n) is 2.82. The second kappa shape index (κ2) is 5.42. The third kappa shape index (κ3) is 3.14. The van der Waals surface area contributed by atoms with Gasteiger partial charge in [-0.25, -0.2) is 0 Å². The van der Waals surface area contributed by atoms with Gasteiger partial charge in [0, 0.05) is 12.6 Å². The van der Waals surface area contributed by atoms with Crippen molar-refractivity contribution in [2.75, 3.05) is 5.32 Å². The summed E-state index contributed by atoms with van der Waals surface area (Å²) in [6.07, 6.45) is 7.94. The fourth-order valence-electron chi connectivity index (χ4n) is 1.99. The van der Waals surface area contributed by atoms with Crippen LogP contribution in [0, 0.1) is 0 Å². The summed E-state index contributed by atoms with van der Waals surface area (Å²) < 4.78 is 0. The van der Waals surface area contributed by atoms with Crippen LogP contribution in [0.3, 0.4) is 0 Å². The number of anilines is 1. The van der Waals surface area contributed by atoms with Gasteiger partial charge in [0.05, 0.1) is 0 Å². The Morgan fingerprint density at radius 2 is 1.93 bits per heavy atom. The number of hydrogen-bond acceptors (Lipinski definition) is 5. The summed E-state index contributed by atoms with van der Waals surface area (Å²) in [6, 6.07) is 0.589. The highest BCUT2D eigenvalue weighted by Gasteiger charge is 2.13. The molecule has 0 atom stereocenters. The van der Waals surface area contributed by atoms with E-state index in [2.05, 4.69) is 15.5 Å². The molecular formula is C10H18N4S. The van der Waals surface area contributed by atoms with Gasteiger partial charge < -0.3 is 11.1 Å². The van der Waals surface area contributed by atoms with Gasteiger partial charge in [-0.2, -0.15) is 0 Å². The van der Waals surface area contributed by atoms with E-state index in [1.54, 1.807) is 11.3 Å². The molecule has 1 aromatic rings. The van der Waals surface area contributed by atoms with Gasteiger partial charge in [-0.3, -0.25) is 0 Å². The fourth-order valence-corrected chi connectivity index (χ4v) is 2.69. The molecule has 0 bridgehead atoms. The van der Waals surface area contributed by atoms with Gasteiger partial charge in [0.15, 0.2) is 0 Å².